The molecule has 1 aromatic carbocycles. The Bertz CT molecular complexity index is 432. The Kier molecular flexibility index (Phi) is 4.54. The van der Waals surface area contributed by atoms with Gasteiger partial charge in [-0.25, -0.2) is 0 Å². The van der Waals surface area contributed by atoms with Gasteiger partial charge in [0.15, 0.2) is 0 Å². The Morgan fingerprint density at radius 2 is 2.06 bits per heavy atom. The van der Waals surface area contributed by atoms with Gasteiger partial charge in [-0.05, 0) is 33.5 Å². The van der Waals surface area contributed by atoms with Gasteiger partial charge in [-0.15, -0.1) is 0 Å². The molecule has 0 radical (unpaired) electrons. The number of hydrogen-bond donors (Lipinski definition) is 3. The molecule has 0 bridgehead atoms. The van der Waals surface area contributed by atoms with Gasteiger partial charge in [-0.3, -0.25) is 4.79 Å². The molecule has 0 spiro atoms. The van der Waals surface area contributed by atoms with Crippen LogP contribution in [-0.2, 0) is 4.79 Å². The number of carbonyl (C=O) groups is 1. The Hall–Kier alpha value is -1.07. The molecule has 0 saturated carbocycles. The topological polar surface area (TPSA) is 83.5 Å². The van der Waals surface area contributed by atoms with Gasteiger partial charge in [-0.1, -0.05) is 19.9 Å². The van der Waals surface area contributed by atoms with Gasteiger partial charge in [0.2, 0.25) is 0 Å². The lowest BCUT2D eigenvalue weighted by molar-refractivity contribution is -0.138. The number of halogens is 1. The quantitative estimate of drug-likeness (QED) is 0.797. The van der Waals surface area contributed by atoms with E-state index in [4.69, 9.17) is 10.8 Å². The summed E-state index contributed by atoms with van der Waals surface area (Å²) in [6.45, 7) is 3.96. The standard InChI is InChI=1S/C12H16BrNO3/c1-6(2)7-3-8(9(5-14)12(16)17)11(15)10(13)4-7/h3-4,6,9,15H,5,14H2,1-2H3,(H,16,17). The number of rotatable bonds is 4. The summed E-state index contributed by atoms with van der Waals surface area (Å²) in [6, 6.07) is 3.50. The molecule has 0 saturated heterocycles. The average Bonchev–Trinajstić information content (AvgIpc) is 2.24. The van der Waals surface area contributed by atoms with Gasteiger partial charge in [0.05, 0.1) is 10.4 Å². The zero-order valence-corrected chi connectivity index (χ0v) is 11.4. The summed E-state index contributed by atoms with van der Waals surface area (Å²) in [5, 5.41) is 19.0. The molecule has 0 fully saturated rings. The van der Waals surface area contributed by atoms with Crippen LogP contribution in [0.15, 0.2) is 16.6 Å². The van der Waals surface area contributed by atoms with Crippen LogP contribution in [0.25, 0.3) is 0 Å². The summed E-state index contributed by atoms with van der Waals surface area (Å²) >= 11 is 3.23. The van der Waals surface area contributed by atoms with Crippen molar-refractivity contribution in [3.05, 3.63) is 27.7 Å². The number of aliphatic carboxylic acids is 1. The fourth-order valence-electron chi connectivity index (χ4n) is 1.60. The van der Waals surface area contributed by atoms with Crippen molar-refractivity contribution in [1.82, 2.24) is 0 Å². The Balaban J connectivity index is 3.35. The van der Waals surface area contributed by atoms with Crippen LogP contribution in [0.4, 0.5) is 0 Å². The minimum absolute atomic E-state index is 0.0448. The number of nitrogens with two attached hydrogens (primary N) is 1. The Morgan fingerprint density at radius 1 is 1.47 bits per heavy atom. The van der Waals surface area contributed by atoms with Gasteiger partial charge in [0, 0.05) is 12.1 Å². The van der Waals surface area contributed by atoms with Crippen molar-refractivity contribution < 1.29 is 15.0 Å². The van der Waals surface area contributed by atoms with E-state index in [2.05, 4.69) is 15.9 Å². The summed E-state index contributed by atoms with van der Waals surface area (Å²) < 4.78 is 0.499. The second-order valence-electron chi connectivity index (χ2n) is 4.22. The molecule has 0 aliphatic carbocycles. The predicted molar refractivity (Wildman–Crippen MR) is 69.3 cm³/mol. The summed E-state index contributed by atoms with van der Waals surface area (Å²) in [4.78, 5) is 11.1. The van der Waals surface area contributed by atoms with Crippen LogP contribution in [0.3, 0.4) is 0 Å². The molecule has 4 nitrogen and oxygen atoms in total. The van der Waals surface area contributed by atoms with E-state index in [1.165, 1.54) is 0 Å². The van der Waals surface area contributed by atoms with Crippen LogP contribution in [0, 0.1) is 0 Å². The summed E-state index contributed by atoms with van der Waals surface area (Å²) in [7, 11) is 0. The van der Waals surface area contributed by atoms with Gasteiger partial charge in [0.25, 0.3) is 0 Å². The number of hydrogen-bond acceptors (Lipinski definition) is 3. The van der Waals surface area contributed by atoms with Crippen LogP contribution < -0.4 is 5.73 Å². The largest absolute Gasteiger partial charge is 0.506 e. The molecule has 1 aromatic rings. The fraction of sp³-hybridized carbons (Fsp3) is 0.417. The maximum atomic E-state index is 11.1. The number of benzene rings is 1. The number of phenols is 1. The molecular weight excluding hydrogens is 286 g/mol. The second-order valence-corrected chi connectivity index (χ2v) is 5.08. The molecule has 1 unspecified atom stereocenters. The minimum Gasteiger partial charge on any atom is -0.506 e. The van der Waals surface area contributed by atoms with Crippen molar-refractivity contribution >= 4 is 21.9 Å². The molecule has 0 aliphatic heterocycles. The first-order chi connectivity index (χ1) is 7.88. The zero-order valence-electron chi connectivity index (χ0n) is 9.77. The summed E-state index contributed by atoms with van der Waals surface area (Å²) in [5.74, 6) is -1.72. The number of carboxylic acid groups (broad SMARTS) is 1. The molecule has 1 rings (SSSR count). The van der Waals surface area contributed by atoms with E-state index >= 15 is 0 Å². The normalized spacial score (nSPS) is 12.8. The first-order valence-electron chi connectivity index (χ1n) is 5.33. The molecule has 0 aromatic heterocycles. The lowest BCUT2D eigenvalue weighted by Gasteiger charge is -2.16. The smallest absolute Gasteiger partial charge is 0.312 e. The van der Waals surface area contributed by atoms with Crippen molar-refractivity contribution in [3.8, 4) is 5.75 Å². The zero-order chi connectivity index (χ0) is 13.2. The number of aromatic hydroxyl groups is 1. The Morgan fingerprint density at radius 3 is 2.47 bits per heavy atom. The third-order valence-corrected chi connectivity index (χ3v) is 3.30. The molecule has 0 amide bonds. The van der Waals surface area contributed by atoms with Crippen LogP contribution in [0.2, 0.25) is 0 Å². The van der Waals surface area contributed by atoms with Gasteiger partial charge in [0.1, 0.15) is 5.75 Å². The van der Waals surface area contributed by atoms with Crippen LogP contribution in [-0.4, -0.2) is 22.7 Å². The highest BCUT2D eigenvalue weighted by Gasteiger charge is 2.23. The summed E-state index contributed by atoms with van der Waals surface area (Å²) in [5.41, 5.74) is 6.77. The second kappa shape index (κ2) is 5.51. The molecule has 5 heteroatoms. The molecule has 0 aliphatic rings. The minimum atomic E-state index is -1.03. The highest BCUT2D eigenvalue weighted by molar-refractivity contribution is 9.10. The lowest BCUT2D eigenvalue weighted by Crippen LogP contribution is -2.21. The van der Waals surface area contributed by atoms with Gasteiger partial charge >= 0.3 is 5.97 Å². The van der Waals surface area contributed by atoms with E-state index in [1.807, 2.05) is 13.8 Å². The third-order valence-electron chi connectivity index (χ3n) is 2.69. The molecule has 94 valence electrons. The van der Waals surface area contributed by atoms with Crippen molar-refractivity contribution in [2.45, 2.75) is 25.7 Å². The van der Waals surface area contributed by atoms with Crippen LogP contribution in [0.1, 0.15) is 36.8 Å². The van der Waals surface area contributed by atoms with Crippen molar-refractivity contribution in [1.29, 1.82) is 0 Å². The predicted octanol–water partition coefficient (Wildman–Crippen LogP) is 2.41. The molecule has 17 heavy (non-hydrogen) atoms. The van der Waals surface area contributed by atoms with E-state index in [-0.39, 0.29) is 18.2 Å². The molecule has 0 heterocycles. The third kappa shape index (κ3) is 2.98. The highest BCUT2D eigenvalue weighted by Crippen LogP contribution is 2.36. The van der Waals surface area contributed by atoms with Gasteiger partial charge < -0.3 is 15.9 Å². The van der Waals surface area contributed by atoms with E-state index in [0.717, 1.165) is 5.56 Å². The maximum Gasteiger partial charge on any atom is 0.312 e. The van der Waals surface area contributed by atoms with Gasteiger partial charge in [-0.2, -0.15) is 0 Å². The molecular formula is C12H16BrNO3. The van der Waals surface area contributed by atoms with E-state index < -0.39 is 11.9 Å². The lowest BCUT2D eigenvalue weighted by atomic mass is 9.93. The molecule has 1 atom stereocenters. The first-order valence-corrected chi connectivity index (χ1v) is 6.13. The highest BCUT2D eigenvalue weighted by atomic mass is 79.9. The number of phenolic OH excluding ortho intramolecular Hbond substituents is 1. The average molecular weight is 302 g/mol. The van der Waals surface area contributed by atoms with Crippen LogP contribution in [0.5, 0.6) is 5.75 Å². The number of carboxylic acids is 1. The SMILES string of the molecule is CC(C)c1cc(Br)c(O)c(C(CN)C(=O)O)c1. The maximum absolute atomic E-state index is 11.1. The Labute approximate surface area is 109 Å². The summed E-state index contributed by atoms with van der Waals surface area (Å²) in [6.07, 6.45) is 0. The van der Waals surface area contributed by atoms with Crippen LogP contribution >= 0.6 is 15.9 Å². The van der Waals surface area contributed by atoms with Crippen molar-refractivity contribution in [3.63, 3.8) is 0 Å². The van der Waals surface area contributed by atoms with E-state index in [0.29, 0.717) is 10.0 Å². The van der Waals surface area contributed by atoms with Crippen molar-refractivity contribution in [2.24, 2.45) is 5.73 Å². The first kappa shape index (κ1) is 14.0. The van der Waals surface area contributed by atoms with E-state index in [9.17, 15) is 9.90 Å². The monoisotopic (exact) mass is 301 g/mol. The molecule has 4 N–H and O–H groups in total. The van der Waals surface area contributed by atoms with Crippen molar-refractivity contribution in [2.75, 3.05) is 6.54 Å². The fourth-order valence-corrected chi connectivity index (χ4v) is 2.10. The van der Waals surface area contributed by atoms with E-state index in [1.54, 1.807) is 12.1 Å².